The van der Waals surface area contributed by atoms with Crippen molar-refractivity contribution in [2.75, 3.05) is 11.9 Å². The zero-order valence-electron chi connectivity index (χ0n) is 12.3. The van der Waals surface area contributed by atoms with Gasteiger partial charge in [0.1, 0.15) is 5.60 Å². The van der Waals surface area contributed by atoms with Crippen LogP contribution in [0.25, 0.3) is 0 Å². The third kappa shape index (κ3) is 3.25. The highest BCUT2D eigenvalue weighted by molar-refractivity contribution is 5.82. The summed E-state index contributed by atoms with van der Waals surface area (Å²) in [5.74, 6) is 0.245. The van der Waals surface area contributed by atoms with E-state index in [9.17, 15) is 4.79 Å². The summed E-state index contributed by atoms with van der Waals surface area (Å²) in [6, 6.07) is 0. The van der Waals surface area contributed by atoms with Gasteiger partial charge in [-0.1, -0.05) is 6.42 Å². The van der Waals surface area contributed by atoms with Gasteiger partial charge in [-0.05, 0) is 39.2 Å². The van der Waals surface area contributed by atoms with E-state index in [1.807, 2.05) is 0 Å². The maximum Gasteiger partial charge on any atom is 0.414 e. The first-order valence-electron chi connectivity index (χ1n) is 6.87. The Hall–Kier alpha value is -1.69. The van der Waals surface area contributed by atoms with Gasteiger partial charge in [-0.3, -0.25) is 5.32 Å². The van der Waals surface area contributed by atoms with E-state index in [-0.39, 0.29) is 11.4 Å². The van der Waals surface area contributed by atoms with E-state index in [2.05, 4.69) is 15.3 Å². The predicted octanol–water partition coefficient (Wildman–Crippen LogP) is 2.20. The van der Waals surface area contributed by atoms with Crippen molar-refractivity contribution in [2.24, 2.45) is 5.73 Å². The van der Waals surface area contributed by atoms with Gasteiger partial charge in [-0.2, -0.15) is 0 Å². The minimum atomic E-state index is -0.553. The van der Waals surface area contributed by atoms with E-state index < -0.39 is 11.7 Å². The molecule has 0 saturated heterocycles. The highest BCUT2D eigenvalue weighted by atomic mass is 16.6. The number of hydrogen-bond donors (Lipinski definition) is 2. The predicted molar refractivity (Wildman–Crippen MR) is 76.5 cm³/mol. The third-order valence-electron chi connectivity index (χ3n) is 3.58. The van der Waals surface area contributed by atoms with Crippen molar-refractivity contribution >= 4 is 12.0 Å². The lowest BCUT2D eigenvalue weighted by molar-refractivity contribution is 0.0634. The molecule has 1 heterocycles. The molecule has 1 amide bonds. The first-order valence-corrected chi connectivity index (χ1v) is 6.87. The molecule has 110 valence electrons. The average molecular weight is 278 g/mol. The molecule has 0 aromatic carbocycles. The zero-order chi connectivity index (χ0) is 14.8. The molecule has 2 rings (SSSR count). The van der Waals surface area contributed by atoms with Crippen LogP contribution in [0.3, 0.4) is 0 Å². The fourth-order valence-electron chi connectivity index (χ4n) is 2.28. The summed E-state index contributed by atoms with van der Waals surface area (Å²) in [5, 5.41) is 2.52. The molecule has 1 fully saturated rings. The summed E-state index contributed by atoms with van der Waals surface area (Å²) in [7, 11) is 0. The smallest absolute Gasteiger partial charge is 0.414 e. The van der Waals surface area contributed by atoms with Gasteiger partial charge >= 0.3 is 6.09 Å². The van der Waals surface area contributed by atoms with Gasteiger partial charge in [0.05, 0.1) is 0 Å². The fraction of sp³-hybridized carbons (Fsp3) is 0.643. The van der Waals surface area contributed by atoms with E-state index in [0.717, 1.165) is 18.4 Å². The summed E-state index contributed by atoms with van der Waals surface area (Å²) in [4.78, 5) is 19.9. The lowest BCUT2D eigenvalue weighted by Gasteiger charge is -2.40. The lowest BCUT2D eigenvalue weighted by atomic mass is 9.65. The van der Waals surface area contributed by atoms with Gasteiger partial charge in [0.25, 0.3) is 0 Å². The Kier molecular flexibility index (Phi) is 3.94. The van der Waals surface area contributed by atoms with Crippen molar-refractivity contribution in [1.82, 2.24) is 9.97 Å². The maximum absolute atomic E-state index is 11.6. The van der Waals surface area contributed by atoms with Crippen LogP contribution < -0.4 is 11.1 Å². The molecule has 1 aliphatic rings. The van der Waals surface area contributed by atoms with Gasteiger partial charge < -0.3 is 10.5 Å². The fourth-order valence-corrected chi connectivity index (χ4v) is 2.28. The molecule has 0 radical (unpaired) electrons. The number of amides is 1. The Morgan fingerprint density at radius 1 is 1.40 bits per heavy atom. The summed E-state index contributed by atoms with van der Waals surface area (Å²) in [6.45, 7) is 6.02. The Bertz CT molecular complexity index is 469. The summed E-state index contributed by atoms with van der Waals surface area (Å²) < 4.78 is 5.14. The molecule has 1 aliphatic carbocycles. The number of carbonyl (C=O) groups is 1. The van der Waals surface area contributed by atoms with Gasteiger partial charge in [0.2, 0.25) is 5.95 Å². The normalized spacial score (nSPS) is 17.2. The number of hydrogen-bond acceptors (Lipinski definition) is 5. The van der Waals surface area contributed by atoms with Crippen LogP contribution in [-0.2, 0) is 10.2 Å². The summed E-state index contributed by atoms with van der Waals surface area (Å²) >= 11 is 0. The van der Waals surface area contributed by atoms with Crippen LogP contribution in [-0.4, -0.2) is 28.2 Å². The second-order valence-electron chi connectivity index (χ2n) is 6.26. The van der Waals surface area contributed by atoms with Crippen molar-refractivity contribution < 1.29 is 9.53 Å². The topological polar surface area (TPSA) is 90.1 Å². The lowest BCUT2D eigenvalue weighted by Crippen LogP contribution is -2.41. The van der Waals surface area contributed by atoms with Crippen LogP contribution in [0.15, 0.2) is 12.4 Å². The molecule has 0 bridgehead atoms. The number of nitrogens with two attached hydrogens (primary N) is 1. The number of carbonyl (C=O) groups excluding carboxylic acids is 1. The molecule has 6 heteroatoms. The molecule has 3 N–H and O–H groups in total. The van der Waals surface area contributed by atoms with Crippen molar-refractivity contribution in [1.29, 1.82) is 0 Å². The maximum atomic E-state index is 11.6. The highest BCUT2D eigenvalue weighted by Crippen LogP contribution is 2.42. The second-order valence-corrected chi connectivity index (χ2v) is 6.26. The summed E-state index contributed by atoms with van der Waals surface area (Å²) in [5.41, 5.74) is 6.38. The monoisotopic (exact) mass is 278 g/mol. The number of nitrogens with one attached hydrogen (secondary N) is 1. The Morgan fingerprint density at radius 2 is 2.00 bits per heavy atom. The molecule has 1 aromatic rings. The molecule has 1 aromatic heterocycles. The number of aromatic nitrogens is 2. The molecule has 0 atom stereocenters. The zero-order valence-corrected chi connectivity index (χ0v) is 12.3. The van der Waals surface area contributed by atoms with E-state index in [1.54, 1.807) is 33.2 Å². The third-order valence-corrected chi connectivity index (χ3v) is 3.58. The largest absolute Gasteiger partial charge is 0.444 e. The van der Waals surface area contributed by atoms with E-state index in [0.29, 0.717) is 6.54 Å². The second kappa shape index (κ2) is 5.36. The molecule has 0 unspecified atom stereocenters. The van der Waals surface area contributed by atoms with Crippen LogP contribution in [0.2, 0.25) is 0 Å². The Labute approximate surface area is 119 Å². The molecule has 0 spiro atoms. The van der Waals surface area contributed by atoms with E-state index >= 15 is 0 Å². The average Bonchev–Trinajstić information content (AvgIpc) is 2.28. The minimum absolute atomic E-state index is 0.0322. The van der Waals surface area contributed by atoms with Crippen molar-refractivity contribution in [3.05, 3.63) is 18.0 Å². The molecule has 1 saturated carbocycles. The molecular formula is C14H22N4O2. The van der Waals surface area contributed by atoms with Crippen LogP contribution in [0, 0.1) is 0 Å². The van der Waals surface area contributed by atoms with Gasteiger partial charge in [-0.15, -0.1) is 0 Å². The van der Waals surface area contributed by atoms with Crippen molar-refractivity contribution in [3.63, 3.8) is 0 Å². The number of nitrogens with zero attached hydrogens (tertiary/aromatic N) is 2. The Morgan fingerprint density at radius 3 is 2.40 bits per heavy atom. The van der Waals surface area contributed by atoms with E-state index in [1.165, 1.54) is 6.42 Å². The highest BCUT2D eigenvalue weighted by Gasteiger charge is 2.37. The first-order chi connectivity index (χ1) is 9.35. The van der Waals surface area contributed by atoms with Gasteiger partial charge in [0, 0.05) is 24.4 Å². The van der Waals surface area contributed by atoms with Crippen LogP contribution in [0.1, 0.15) is 45.6 Å². The Balaban J connectivity index is 2.00. The molecular weight excluding hydrogens is 256 g/mol. The van der Waals surface area contributed by atoms with Gasteiger partial charge in [0.15, 0.2) is 0 Å². The minimum Gasteiger partial charge on any atom is -0.444 e. The SMILES string of the molecule is CC(C)(C)OC(=O)Nc1ncc(C2(CN)CCC2)cn1. The number of rotatable bonds is 3. The van der Waals surface area contributed by atoms with Crippen molar-refractivity contribution in [3.8, 4) is 0 Å². The van der Waals surface area contributed by atoms with Crippen LogP contribution >= 0.6 is 0 Å². The number of anilines is 1. The summed E-state index contributed by atoms with van der Waals surface area (Å²) in [6.07, 6.45) is 6.27. The van der Waals surface area contributed by atoms with Crippen LogP contribution in [0.4, 0.5) is 10.7 Å². The quantitative estimate of drug-likeness (QED) is 0.884. The molecule has 6 nitrogen and oxygen atoms in total. The van der Waals surface area contributed by atoms with E-state index in [4.69, 9.17) is 10.5 Å². The van der Waals surface area contributed by atoms with Gasteiger partial charge in [-0.25, -0.2) is 14.8 Å². The first kappa shape index (κ1) is 14.7. The standard InChI is InChI=1S/C14H22N4O2/c1-13(2,3)20-12(19)18-11-16-7-10(8-17-11)14(9-15)5-4-6-14/h7-8H,4-6,9,15H2,1-3H3,(H,16,17,18,19). The van der Waals surface area contributed by atoms with Crippen LogP contribution in [0.5, 0.6) is 0 Å². The number of ether oxygens (including phenoxy) is 1. The van der Waals surface area contributed by atoms with Crippen molar-refractivity contribution in [2.45, 2.75) is 51.0 Å². The molecule has 20 heavy (non-hydrogen) atoms. The molecule has 0 aliphatic heterocycles.